The lowest BCUT2D eigenvalue weighted by molar-refractivity contribution is -0.361. The molecule has 4 rings (SSSR count). The molecule has 0 aromatic heterocycles. The van der Waals surface area contributed by atoms with Crippen molar-refractivity contribution < 1.29 is 124 Å². The van der Waals surface area contributed by atoms with E-state index in [4.69, 9.17) is 71.1 Å². The van der Waals surface area contributed by atoms with Gasteiger partial charge >= 0.3 is 65.7 Å². The number of hydrogen-bond donors (Lipinski definition) is 0. The second kappa shape index (κ2) is 28.0. The van der Waals surface area contributed by atoms with Crippen molar-refractivity contribution in [2.45, 2.75) is 137 Å². The summed E-state index contributed by atoms with van der Waals surface area (Å²) in [5, 5.41) is 0. The van der Waals surface area contributed by atoms with Crippen LogP contribution in [0.15, 0.2) is 42.5 Å². The summed E-state index contributed by atoms with van der Waals surface area (Å²) in [4.78, 5) is 137. The molecule has 0 spiro atoms. The zero-order valence-corrected chi connectivity index (χ0v) is 42.3. The van der Waals surface area contributed by atoms with Crippen molar-refractivity contribution in [2.75, 3.05) is 19.8 Å². The Morgan fingerprint density at radius 3 is 1.36 bits per heavy atom. The summed E-state index contributed by atoms with van der Waals surface area (Å²) in [6.07, 6.45) is -15.7. The molecule has 0 N–H and O–H groups in total. The molecule has 0 unspecified atom stereocenters. The third kappa shape index (κ3) is 19.2. The van der Waals surface area contributed by atoms with Crippen molar-refractivity contribution in [1.29, 1.82) is 0 Å². The summed E-state index contributed by atoms with van der Waals surface area (Å²) in [6, 6.07) is 8.22. The molecule has 2 aromatic carbocycles. The standard InChI is InChI=1S/C49H56O26/c1-23(50)62-21-39-42(68-29(7)56)44(69-30(8)57)47(71-32(10)59)49(73-39)75-45-43(74-41(60)16-13-33-11-14-35(64-25(3)52)37(19-33)66-27(5)54)40(22-63-24(2)51)72-48(46(45)70-31(9)58)61-18-17-34-12-15-36(65-26(4)53)38(20-34)67-28(6)55/h11-16,19-20,39-40,42-49H,17-18,21-22H2,1-10H3/b16-13+/t39-,40-,42-,43-,44+,45+,46-,47-,48-,49+/m1/s1. The van der Waals surface area contributed by atoms with Gasteiger partial charge in [0, 0.05) is 75.3 Å². The zero-order valence-electron chi connectivity index (χ0n) is 42.3. The molecular weight excluding hydrogens is 1000 g/mol. The second-order valence-corrected chi connectivity index (χ2v) is 16.3. The Labute approximate surface area is 428 Å². The van der Waals surface area contributed by atoms with Gasteiger partial charge in [-0.05, 0) is 47.9 Å². The number of ether oxygens (including phenoxy) is 15. The fourth-order valence-electron chi connectivity index (χ4n) is 7.33. The molecule has 2 aliphatic rings. The number of carbonyl (C=O) groups excluding carboxylic acids is 11. The maximum absolute atomic E-state index is 14.0. The van der Waals surface area contributed by atoms with Crippen LogP contribution in [0.4, 0.5) is 0 Å². The van der Waals surface area contributed by atoms with E-state index in [1.165, 1.54) is 42.5 Å². The molecule has 2 saturated heterocycles. The van der Waals surface area contributed by atoms with Crippen LogP contribution in [0.25, 0.3) is 6.08 Å². The van der Waals surface area contributed by atoms with E-state index in [1.54, 1.807) is 0 Å². The van der Waals surface area contributed by atoms with E-state index in [0.29, 0.717) is 5.56 Å². The van der Waals surface area contributed by atoms with Crippen LogP contribution in [0.1, 0.15) is 80.4 Å². The van der Waals surface area contributed by atoms with Crippen LogP contribution in [-0.4, -0.2) is 147 Å². The third-order valence-electron chi connectivity index (χ3n) is 9.91. The number of hydrogen-bond acceptors (Lipinski definition) is 26. The molecule has 26 heteroatoms. The molecular formula is C49H56O26. The third-order valence-corrected chi connectivity index (χ3v) is 9.91. The SMILES string of the molecule is CC(=O)OC[C@H]1O[C@@H](O[C@@H]2[C@@H](OC(C)=O)[C@H](OCCc3ccc(OC(C)=O)c(OC(C)=O)c3)O[C@H](COC(C)=O)[C@H]2OC(=O)/C=C/c2ccc(OC(C)=O)c(OC(C)=O)c2)[C@H](OC(C)=O)[C@@H](OC(C)=O)[C@@H]1OC(C)=O. The normalized spacial score (nSPS) is 23.0. The number of benzene rings is 2. The lowest BCUT2D eigenvalue weighted by Gasteiger charge is -2.48. The number of carbonyl (C=O) groups is 11. The molecule has 75 heavy (non-hydrogen) atoms. The van der Waals surface area contributed by atoms with Crippen LogP contribution >= 0.6 is 0 Å². The molecule has 0 aliphatic carbocycles. The van der Waals surface area contributed by atoms with Crippen molar-refractivity contribution in [3.63, 3.8) is 0 Å². The van der Waals surface area contributed by atoms with E-state index in [-0.39, 0.29) is 41.6 Å². The summed E-state index contributed by atoms with van der Waals surface area (Å²) >= 11 is 0. The quantitative estimate of drug-likeness (QED) is 0.0749. The molecule has 0 bridgehead atoms. The highest BCUT2D eigenvalue weighted by Gasteiger charge is 2.58. The first-order chi connectivity index (χ1) is 35.3. The van der Waals surface area contributed by atoms with E-state index in [1.807, 2.05) is 0 Å². The Hall–Kier alpha value is -7.81. The van der Waals surface area contributed by atoms with Gasteiger partial charge in [-0.2, -0.15) is 0 Å². The maximum Gasteiger partial charge on any atom is 0.331 e. The molecule has 0 amide bonds. The van der Waals surface area contributed by atoms with Gasteiger partial charge in [-0.3, -0.25) is 47.9 Å². The Kier molecular flexibility index (Phi) is 22.3. The van der Waals surface area contributed by atoms with E-state index in [9.17, 15) is 52.7 Å². The van der Waals surface area contributed by atoms with Crippen molar-refractivity contribution in [3.05, 3.63) is 53.6 Å². The summed E-state index contributed by atoms with van der Waals surface area (Å²) in [5.41, 5.74) is 0.649. The Morgan fingerprint density at radius 2 is 0.867 bits per heavy atom. The molecule has 0 saturated carbocycles. The van der Waals surface area contributed by atoms with Gasteiger partial charge in [0.05, 0.1) is 6.61 Å². The molecule has 408 valence electrons. The van der Waals surface area contributed by atoms with Crippen LogP contribution < -0.4 is 18.9 Å². The lowest BCUT2D eigenvalue weighted by atomic mass is 9.96. The van der Waals surface area contributed by atoms with E-state index in [2.05, 4.69) is 0 Å². The molecule has 2 heterocycles. The fraction of sp³-hybridized carbons (Fsp3) is 0.490. The summed E-state index contributed by atoms with van der Waals surface area (Å²) < 4.78 is 84.7. The smallest absolute Gasteiger partial charge is 0.331 e. The van der Waals surface area contributed by atoms with Gasteiger partial charge in [0.1, 0.15) is 31.5 Å². The van der Waals surface area contributed by atoms with Gasteiger partial charge in [-0.15, -0.1) is 0 Å². The topological polar surface area (TPSA) is 326 Å². The maximum atomic E-state index is 14.0. The van der Waals surface area contributed by atoms with Crippen LogP contribution in [0.2, 0.25) is 0 Å². The van der Waals surface area contributed by atoms with Crippen LogP contribution in [0.3, 0.4) is 0 Å². The van der Waals surface area contributed by atoms with Gasteiger partial charge in [-0.25, -0.2) is 4.79 Å². The minimum atomic E-state index is -2.01. The van der Waals surface area contributed by atoms with Crippen molar-refractivity contribution in [3.8, 4) is 23.0 Å². The second-order valence-electron chi connectivity index (χ2n) is 16.3. The largest absolute Gasteiger partial charge is 0.463 e. The zero-order chi connectivity index (χ0) is 55.7. The molecule has 2 aromatic rings. The average Bonchev–Trinajstić information content (AvgIpc) is 3.28. The van der Waals surface area contributed by atoms with Crippen LogP contribution in [0, 0.1) is 0 Å². The predicted molar refractivity (Wildman–Crippen MR) is 244 cm³/mol. The highest BCUT2D eigenvalue weighted by Crippen LogP contribution is 2.37. The van der Waals surface area contributed by atoms with Gasteiger partial charge in [0.25, 0.3) is 0 Å². The fourth-order valence-corrected chi connectivity index (χ4v) is 7.33. The van der Waals surface area contributed by atoms with Crippen LogP contribution in [0.5, 0.6) is 23.0 Å². The predicted octanol–water partition coefficient (Wildman–Crippen LogP) is 2.26. The first-order valence-corrected chi connectivity index (χ1v) is 22.7. The van der Waals surface area contributed by atoms with E-state index >= 15 is 0 Å². The number of rotatable bonds is 21. The van der Waals surface area contributed by atoms with Gasteiger partial charge in [0.2, 0.25) is 0 Å². The Balaban J connectivity index is 1.88. The molecule has 10 atom stereocenters. The molecule has 2 aliphatic heterocycles. The van der Waals surface area contributed by atoms with Gasteiger partial charge < -0.3 is 71.1 Å². The summed E-state index contributed by atoms with van der Waals surface area (Å²) in [6.45, 7) is 8.86. The van der Waals surface area contributed by atoms with E-state index < -0.39 is 140 Å². The van der Waals surface area contributed by atoms with E-state index in [0.717, 1.165) is 75.3 Å². The molecule has 26 nitrogen and oxygen atoms in total. The van der Waals surface area contributed by atoms with Crippen molar-refractivity contribution in [2.24, 2.45) is 0 Å². The lowest BCUT2D eigenvalue weighted by Crippen LogP contribution is -2.67. The molecule has 0 radical (unpaired) electrons. The minimum Gasteiger partial charge on any atom is -0.463 e. The summed E-state index contributed by atoms with van der Waals surface area (Å²) in [5.74, 6) is -10.2. The van der Waals surface area contributed by atoms with Crippen molar-refractivity contribution >= 4 is 71.7 Å². The monoisotopic (exact) mass is 1060 g/mol. The highest BCUT2D eigenvalue weighted by molar-refractivity contribution is 5.87. The van der Waals surface area contributed by atoms with Gasteiger partial charge in [-0.1, -0.05) is 12.1 Å². The average molecular weight is 1060 g/mol. The first-order valence-electron chi connectivity index (χ1n) is 22.7. The number of esters is 11. The summed E-state index contributed by atoms with van der Waals surface area (Å²) in [7, 11) is 0. The minimum absolute atomic E-state index is 0.00860. The van der Waals surface area contributed by atoms with Crippen molar-refractivity contribution in [1.82, 2.24) is 0 Å². The Morgan fingerprint density at radius 1 is 0.440 bits per heavy atom. The first kappa shape index (κ1) is 59.8. The highest BCUT2D eigenvalue weighted by atomic mass is 16.8. The Bertz CT molecular complexity index is 2500. The van der Waals surface area contributed by atoms with Crippen LogP contribution in [-0.2, 0) is 111 Å². The molecule has 2 fully saturated rings. The van der Waals surface area contributed by atoms with Gasteiger partial charge in [0.15, 0.2) is 66.1 Å².